The Labute approximate surface area is 151 Å². The highest BCUT2D eigenvalue weighted by Crippen LogP contribution is 2.52. The van der Waals surface area contributed by atoms with Gasteiger partial charge in [0.1, 0.15) is 0 Å². The van der Waals surface area contributed by atoms with Gasteiger partial charge in [0.2, 0.25) is 0 Å². The molecule has 2 fully saturated rings. The smallest absolute Gasteiger partial charge is 0.377 e. The summed E-state index contributed by atoms with van der Waals surface area (Å²) in [5.41, 5.74) is -3.92. The van der Waals surface area contributed by atoms with Crippen LogP contribution in [0.15, 0.2) is 18.2 Å². The van der Waals surface area contributed by atoms with Gasteiger partial charge in [-0.3, -0.25) is 0 Å². The second kappa shape index (κ2) is 6.29. The fraction of sp³-hybridized carbons (Fsp3) is 0.588. The average Bonchev–Trinajstić information content (AvgIpc) is 2.98. The highest BCUT2D eigenvalue weighted by atomic mass is 19.4. The predicted molar refractivity (Wildman–Crippen MR) is 84.0 cm³/mol. The molecule has 1 aliphatic heterocycles. The van der Waals surface area contributed by atoms with Crippen molar-refractivity contribution in [2.75, 3.05) is 11.9 Å². The Balaban J connectivity index is 1.77. The molecular formula is C17H18F6N2O2. The number of urea groups is 1. The maximum atomic E-state index is 12.9. The molecule has 4 nitrogen and oxygen atoms in total. The lowest BCUT2D eigenvalue weighted by atomic mass is 9.57. The molecule has 0 bridgehead atoms. The second-order valence-electron chi connectivity index (χ2n) is 7.44. The standard InChI is InChI=1S/C17H18F6N2O2/c1-15(2)12(11-3-4-27-13(11)15)25-14(26)24-10-6-8(16(18,19)20)5-9(7-10)17(21,22)23/h5-7,11-13H,3-4H2,1-2H3,(H2,24,25,26)/t11-,12-,13+/m1/s1. The number of rotatable bonds is 2. The van der Waals surface area contributed by atoms with Crippen LogP contribution >= 0.6 is 0 Å². The number of anilines is 1. The van der Waals surface area contributed by atoms with Gasteiger partial charge in [-0.2, -0.15) is 26.3 Å². The van der Waals surface area contributed by atoms with Gasteiger partial charge < -0.3 is 15.4 Å². The third-order valence-electron chi connectivity index (χ3n) is 5.23. The summed E-state index contributed by atoms with van der Waals surface area (Å²) in [5.74, 6) is 0.0815. The van der Waals surface area contributed by atoms with E-state index in [0.717, 1.165) is 6.42 Å². The zero-order chi connectivity index (χ0) is 20.2. The Bertz CT molecular complexity index is 712. The molecule has 0 radical (unpaired) electrons. The molecule has 0 aromatic heterocycles. The number of hydrogen-bond donors (Lipinski definition) is 2. The first-order chi connectivity index (χ1) is 12.3. The molecule has 150 valence electrons. The third-order valence-corrected chi connectivity index (χ3v) is 5.23. The first-order valence-corrected chi connectivity index (χ1v) is 8.29. The fourth-order valence-corrected chi connectivity index (χ4v) is 3.95. The van der Waals surface area contributed by atoms with E-state index in [-0.39, 0.29) is 29.5 Å². The minimum atomic E-state index is -4.97. The molecule has 3 atom stereocenters. The topological polar surface area (TPSA) is 50.4 Å². The Morgan fingerprint density at radius 3 is 2.15 bits per heavy atom. The summed E-state index contributed by atoms with van der Waals surface area (Å²) >= 11 is 0. The zero-order valence-electron chi connectivity index (χ0n) is 14.5. The molecule has 10 heteroatoms. The highest BCUT2D eigenvalue weighted by Gasteiger charge is 2.59. The van der Waals surface area contributed by atoms with Crippen molar-refractivity contribution >= 4 is 11.7 Å². The van der Waals surface area contributed by atoms with E-state index in [4.69, 9.17) is 4.74 Å². The predicted octanol–water partition coefficient (Wildman–Crippen LogP) is 4.66. The van der Waals surface area contributed by atoms with E-state index in [1.165, 1.54) is 0 Å². The van der Waals surface area contributed by atoms with Crippen molar-refractivity contribution in [2.24, 2.45) is 11.3 Å². The van der Waals surface area contributed by atoms with Crippen LogP contribution in [0.2, 0.25) is 0 Å². The van der Waals surface area contributed by atoms with Gasteiger partial charge in [-0.25, -0.2) is 4.79 Å². The van der Waals surface area contributed by atoms with E-state index < -0.39 is 35.2 Å². The van der Waals surface area contributed by atoms with Crippen molar-refractivity contribution < 1.29 is 35.9 Å². The van der Waals surface area contributed by atoms with Crippen LogP contribution in [0.25, 0.3) is 0 Å². The lowest BCUT2D eigenvalue weighted by molar-refractivity contribution is -0.143. The molecule has 0 unspecified atom stereocenters. The molecule has 1 saturated carbocycles. The normalized spacial score (nSPS) is 26.9. The van der Waals surface area contributed by atoms with E-state index in [1.54, 1.807) is 0 Å². The van der Waals surface area contributed by atoms with Gasteiger partial charge in [0.25, 0.3) is 0 Å². The van der Waals surface area contributed by atoms with Gasteiger partial charge in [0, 0.05) is 29.7 Å². The minimum Gasteiger partial charge on any atom is -0.377 e. The monoisotopic (exact) mass is 396 g/mol. The van der Waals surface area contributed by atoms with Gasteiger partial charge in [-0.1, -0.05) is 13.8 Å². The van der Waals surface area contributed by atoms with E-state index in [2.05, 4.69) is 10.6 Å². The van der Waals surface area contributed by atoms with Gasteiger partial charge in [0.05, 0.1) is 17.2 Å². The van der Waals surface area contributed by atoms with E-state index in [0.29, 0.717) is 18.7 Å². The summed E-state index contributed by atoms with van der Waals surface area (Å²) in [6.45, 7) is 4.33. The summed E-state index contributed by atoms with van der Waals surface area (Å²) in [5, 5.41) is 4.74. The fourth-order valence-electron chi connectivity index (χ4n) is 3.95. The van der Waals surface area contributed by atoms with Gasteiger partial charge in [0.15, 0.2) is 0 Å². The van der Waals surface area contributed by atoms with Crippen LogP contribution in [0.3, 0.4) is 0 Å². The van der Waals surface area contributed by atoms with Crippen molar-refractivity contribution in [3.63, 3.8) is 0 Å². The van der Waals surface area contributed by atoms with Crippen LogP contribution in [0.4, 0.5) is 36.8 Å². The van der Waals surface area contributed by atoms with Crippen LogP contribution in [0.1, 0.15) is 31.4 Å². The van der Waals surface area contributed by atoms with Gasteiger partial charge in [-0.15, -0.1) is 0 Å². The summed E-state index contributed by atoms with van der Waals surface area (Å²) in [6.07, 6.45) is -9.23. The maximum Gasteiger partial charge on any atom is 0.416 e. The SMILES string of the molecule is CC1(C)[C@H](NC(=O)Nc2cc(C(F)(F)F)cc(C(F)(F)F)c2)[C@H]2CCO[C@@H]21. The van der Waals surface area contributed by atoms with E-state index in [1.807, 2.05) is 13.8 Å². The maximum absolute atomic E-state index is 12.9. The Morgan fingerprint density at radius 2 is 1.63 bits per heavy atom. The molecule has 2 amide bonds. The highest BCUT2D eigenvalue weighted by molar-refractivity contribution is 5.90. The molecule has 1 aromatic rings. The summed E-state index contributed by atoms with van der Waals surface area (Å²) in [4.78, 5) is 12.2. The summed E-state index contributed by atoms with van der Waals surface area (Å²) < 4.78 is 82.9. The van der Waals surface area contributed by atoms with Crippen LogP contribution < -0.4 is 10.6 Å². The zero-order valence-corrected chi connectivity index (χ0v) is 14.5. The van der Waals surface area contributed by atoms with Crippen molar-refractivity contribution in [3.8, 4) is 0 Å². The molecular weight excluding hydrogens is 378 g/mol. The number of benzene rings is 1. The second-order valence-corrected chi connectivity index (χ2v) is 7.44. The third kappa shape index (κ3) is 3.71. The number of ether oxygens (including phenoxy) is 1. The van der Waals surface area contributed by atoms with E-state index in [9.17, 15) is 31.1 Å². The van der Waals surface area contributed by atoms with Crippen molar-refractivity contribution in [1.29, 1.82) is 0 Å². The molecule has 1 saturated heterocycles. The molecule has 1 heterocycles. The number of halogens is 6. The van der Waals surface area contributed by atoms with Gasteiger partial charge in [-0.05, 0) is 24.6 Å². The number of carbonyl (C=O) groups excluding carboxylic acids is 1. The molecule has 0 spiro atoms. The number of nitrogens with one attached hydrogen (secondary N) is 2. The lowest BCUT2D eigenvalue weighted by Crippen LogP contribution is -2.67. The van der Waals surface area contributed by atoms with Crippen LogP contribution in [-0.2, 0) is 17.1 Å². The molecule has 1 aliphatic carbocycles. The quantitative estimate of drug-likeness (QED) is 0.715. The number of amides is 2. The molecule has 3 rings (SSSR count). The Morgan fingerprint density at radius 1 is 1.07 bits per heavy atom. The molecule has 1 aromatic carbocycles. The Kier molecular flexibility index (Phi) is 4.61. The number of hydrogen-bond acceptors (Lipinski definition) is 2. The largest absolute Gasteiger partial charge is 0.416 e. The van der Waals surface area contributed by atoms with Crippen molar-refractivity contribution in [3.05, 3.63) is 29.3 Å². The van der Waals surface area contributed by atoms with E-state index >= 15 is 0 Å². The van der Waals surface area contributed by atoms with Crippen LogP contribution in [0, 0.1) is 11.3 Å². The Hall–Kier alpha value is -1.97. The van der Waals surface area contributed by atoms with Gasteiger partial charge >= 0.3 is 18.4 Å². The average molecular weight is 396 g/mol. The molecule has 2 N–H and O–H groups in total. The first-order valence-electron chi connectivity index (χ1n) is 8.29. The number of carbonyl (C=O) groups is 1. The van der Waals surface area contributed by atoms with Crippen LogP contribution in [-0.4, -0.2) is 24.8 Å². The van der Waals surface area contributed by atoms with Crippen molar-refractivity contribution in [2.45, 2.75) is 44.8 Å². The minimum absolute atomic E-state index is 0.0125. The number of fused-ring (bicyclic) bond motifs is 1. The first kappa shape index (κ1) is 19.8. The molecule has 27 heavy (non-hydrogen) atoms. The van der Waals surface area contributed by atoms with Crippen LogP contribution in [0.5, 0.6) is 0 Å². The lowest BCUT2D eigenvalue weighted by Gasteiger charge is -2.54. The number of alkyl halides is 6. The summed E-state index contributed by atoms with van der Waals surface area (Å²) in [7, 11) is 0. The molecule has 2 aliphatic rings. The summed E-state index contributed by atoms with van der Waals surface area (Å²) in [6, 6.07) is -0.174. The van der Waals surface area contributed by atoms with Crippen molar-refractivity contribution in [1.82, 2.24) is 5.32 Å².